The number of hydrogen-bond acceptors (Lipinski definition) is 2. The summed E-state index contributed by atoms with van der Waals surface area (Å²) in [4.78, 5) is 2.45. The van der Waals surface area contributed by atoms with E-state index in [1.54, 1.807) is 0 Å². The quantitative estimate of drug-likeness (QED) is 0.670. The number of hydrogen-bond donors (Lipinski definition) is 0. The predicted molar refractivity (Wildman–Crippen MR) is 57.2 cm³/mol. The van der Waals surface area contributed by atoms with E-state index in [1.807, 2.05) is 0 Å². The maximum atomic E-state index is 5.57. The van der Waals surface area contributed by atoms with Crippen molar-refractivity contribution in [1.82, 2.24) is 0 Å². The first kappa shape index (κ1) is 8.16. The van der Waals surface area contributed by atoms with E-state index in [0.29, 0.717) is 0 Å². The molecule has 3 rings (SSSR count). The van der Waals surface area contributed by atoms with E-state index in [1.165, 1.54) is 29.8 Å². The summed E-state index contributed by atoms with van der Waals surface area (Å²) < 4.78 is 5.57. The van der Waals surface area contributed by atoms with E-state index in [9.17, 15) is 0 Å². The van der Waals surface area contributed by atoms with Gasteiger partial charge in [-0.25, -0.2) is 0 Å². The van der Waals surface area contributed by atoms with E-state index < -0.39 is 0 Å². The Bertz CT molecular complexity index is 373. The molecule has 0 aliphatic carbocycles. The van der Waals surface area contributed by atoms with Gasteiger partial charge in [-0.2, -0.15) is 0 Å². The Morgan fingerprint density at radius 1 is 1.29 bits per heavy atom. The van der Waals surface area contributed by atoms with Crippen molar-refractivity contribution in [3.05, 3.63) is 23.3 Å². The van der Waals surface area contributed by atoms with Crippen molar-refractivity contribution in [3.63, 3.8) is 0 Å². The molecule has 0 radical (unpaired) electrons. The Hall–Kier alpha value is -1.18. The first-order chi connectivity index (χ1) is 6.88. The molecule has 2 aliphatic heterocycles. The number of likely N-dealkylation sites (N-methyl/N-ethyl adjacent to an activating group) is 1. The molecule has 2 aliphatic rings. The SMILES string of the molecule is CCN1CCc2cc3c(cc21)CCO3. The molecule has 0 spiro atoms. The van der Waals surface area contributed by atoms with Crippen LogP contribution in [-0.4, -0.2) is 19.7 Å². The van der Waals surface area contributed by atoms with Crippen molar-refractivity contribution < 1.29 is 4.74 Å². The summed E-state index contributed by atoms with van der Waals surface area (Å²) in [5.74, 6) is 1.13. The van der Waals surface area contributed by atoms with Gasteiger partial charge in [-0.1, -0.05) is 0 Å². The van der Waals surface area contributed by atoms with Crippen LogP contribution in [0.3, 0.4) is 0 Å². The fraction of sp³-hybridized carbons (Fsp3) is 0.500. The second-order valence-corrected chi connectivity index (χ2v) is 4.02. The molecule has 0 saturated carbocycles. The van der Waals surface area contributed by atoms with Crippen molar-refractivity contribution in [2.45, 2.75) is 19.8 Å². The van der Waals surface area contributed by atoms with Crippen molar-refractivity contribution in [2.75, 3.05) is 24.6 Å². The minimum absolute atomic E-state index is 0.865. The average Bonchev–Trinajstić information content (AvgIpc) is 2.78. The second-order valence-electron chi connectivity index (χ2n) is 4.02. The fourth-order valence-corrected chi connectivity index (χ4v) is 2.45. The highest BCUT2D eigenvalue weighted by atomic mass is 16.5. The minimum Gasteiger partial charge on any atom is -0.493 e. The Balaban J connectivity index is 2.09. The van der Waals surface area contributed by atoms with Gasteiger partial charge in [-0.05, 0) is 36.6 Å². The number of nitrogens with zero attached hydrogens (tertiary/aromatic N) is 1. The summed E-state index contributed by atoms with van der Waals surface area (Å²) in [6, 6.07) is 4.57. The molecule has 0 unspecified atom stereocenters. The van der Waals surface area contributed by atoms with Crippen molar-refractivity contribution >= 4 is 5.69 Å². The van der Waals surface area contributed by atoms with Gasteiger partial charge in [0.05, 0.1) is 6.61 Å². The highest BCUT2D eigenvalue weighted by Crippen LogP contribution is 2.36. The Morgan fingerprint density at radius 2 is 2.21 bits per heavy atom. The van der Waals surface area contributed by atoms with Crippen LogP contribution in [0, 0.1) is 0 Å². The lowest BCUT2D eigenvalue weighted by Crippen LogP contribution is -2.19. The zero-order chi connectivity index (χ0) is 9.54. The smallest absolute Gasteiger partial charge is 0.123 e. The summed E-state index contributed by atoms with van der Waals surface area (Å²) in [6.07, 6.45) is 2.26. The molecule has 0 fully saturated rings. The monoisotopic (exact) mass is 189 g/mol. The third kappa shape index (κ3) is 1.03. The van der Waals surface area contributed by atoms with Gasteiger partial charge in [0.15, 0.2) is 0 Å². The van der Waals surface area contributed by atoms with Gasteiger partial charge in [0.25, 0.3) is 0 Å². The highest BCUT2D eigenvalue weighted by Gasteiger charge is 2.22. The normalized spacial score (nSPS) is 17.9. The van der Waals surface area contributed by atoms with Crippen LogP contribution in [0.25, 0.3) is 0 Å². The van der Waals surface area contributed by atoms with E-state index in [-0.39, 0.29) is 0 Å². The lowest BCUT2D eigenvalue weighted by atomic mass is 10.1. The van der Waals surface area contributed by atoms with E-state index in [2.05, 4.69) is 24.0 Å². The predicted octanol–water partition coefficient (Wildman–Crippen LogP) is 2.00. The van der Waals surface area contributed by atoms with E-state index in [0.717, 1.165) is 25.3 Å². The van der Waals surface area contributed by atoms with Gasteiger partial charge >= 0.3 is 0 Å². The molecular weight excluding hydrogens is 174 g/mol. The number of rotatable bonds is 1. The molecular formula is C12H15NO. The topological polar surface area (TPSA) is 12.5 Å². The third-order valence-electron chi connectivity index (χ3n) is 3.26. The molecule has 2 heteroatoms. The molecule has 0 N–H and O–H groups in total. The largest absolute Gasteiger partial charge is 0.493 e. The van der Waals surface area contributed by atoms with Crippen LogP contribution in [0.4, 0.5) is 5.69 Å². The molecule has 74 valence electrons. The number of ether oxygens (including phenoxy) is 1. The summed E-state index contributed by atoms with van der Waals surface area (Å²) in [6.45, 7) is 5.38. The second kappa shape index (κ2) is 2.91. The van der Waals surface area contributed by atoms with Gasteiger partial charge < -0.3 is 9.64 Å². The molecule has 2 nitrogen and oxygen atoms in total. The molecule has 0 aromatic heterocycles. The maximum absolute atomic E-state index is 5.57. The molecule has 1 aromatic carbocycles. The minimum atomic E-state index is 0.865. The number of benzene rings is 1. The van der Waals surface area contributed by atoms with Crippen LogP contribution in [0.5, 0.6) is 5.75 Å². The van der Waals surface area contributed by atoms with Crippen LogP contribution in [0.15, 0.2) is 12.1 Å². The summed E-state index contributed by atoms with van der Waals surface area (Å²) in [7, 11) is 0. The molecule has 0 bridgehead atoms. The summed E-state index contributed by atoms with van der Waals surface area (Å²) in [5, 5.41) is 0. The van der Waals surface area contributed by atoms with E-state index >= 15 is 0 Å². The zero-order valence-electron chi connectivity index (χ0n) is 8.55. The van der Waals surface area contributed by atoms with Crippen LogP contribution >= 0.6 is 0 Å². The van der Waals surface area contributed by atoms with Crippen LogP contribution in [-0.2, 0) is 12.8 Å². The van der Waals surface area contributed by atoms with Crippen molar-refractivity contribution in [3.8, 4) is 5.75 Å². The van der Waals surface area contributed by atoms with Crippen LogP contribution in [0.2, 0.25) is 0 Å². The summed E-state index contributed by atoms with van der Waals surface area (Å²) in [5.41, 5.74) is 4.30. The molecule has 0 saturated heterocycles. The van der Waals surface area contributed by atoms with Crippen molar-refractivity contribution in [1.29, 1.82) is 0 Å². The van der Waals surface area contributed by atoms with Gasteiger partial charge in [0, 0.05) is 25.2 Å². The highest BCUT2D eigenvalue weighted by molar-refractivity contribution is 5.63. The zero-order valence-corrected chi connectivity index (χ0v) is 8.55. The lowest BCUT2D eigenvalue weighted by Gasteiger charge is -2.16. The molecule has 0 amide bonds. The molecule has 2 heterocycles. The third-order valence-corrected chi connectivity index (χ3v) is 3.26. The molecule has 1 aromatic rings. The fourth-order valence-electron chi connectivity index (χ4n) is 2.45. The van der Waals surface area contributed by atoms with Crippen LogP contribution < -0.4 is 9.64 Å². The maximum Gasteiger partial charge on any atom is 0.123 e. The van der Waals surface area contributed by atoms with Crippen molar-refractivity contribution in [2.24, 2.45) is 0 Å². The van der Waals surface area contributed by atoms with Gasteiger partial charge in [-0.3, -0.25) is 0 Å². The Kier molecular flexibility index (Phi) is 1.69. The Morgan fingerprint density at radius 3 is 3.07 bits per heavy atom. The van der Waals surface area contributed by atoms with Crippen LogP contribution in [0.1, 0.15) is 18.1 Å². The van der Waals surface area contributed by atoms with E-state index in [4.69, 9.17) is 4.74 Å². The van der Waals surface area contributed by atoms with Gasteiger partial charge in [0.2, 0.25) is 0 Å². The standard InChI is InChI=1S/C12H15NO/c1-2-13-5-3-9-8-12-10(4-6-14-12)7-11(9)13/h7-8H,2-6H2,1H3. The number of anilines is 1. The lowest BCUT2D eigenvalue weighted by molar-refractivity contribution is 0.356. The Labute approximate surface area is 84.5 Å². The first-order valence-electron chi connectivity index (χ1n) is 5.42. The molecule has 0 atom stereocenters. The molecule has 14 heavy (non-hydrogen) atoms. The summed E-state index contributed by atoms with van der Waals surface area (Å²) >= 11 is 0. The first-order valence-corrected chi connectivity index (χ1v) is 5.42. The van der Waals surface area contributed by atoms with Gasteiger partial charge in [-0.15, -0.1) is 0 Å². The average molecular weight is 189 g/mol. The number of fused-ring (bicyclic) bond motifs is 2. The van der Waals surface area contributed by atoms with Gasteiger partial charge in [0.1, 0.15) is 5.75 Å².